The van der Waals surface area contributed by atoms with Gasteiger partial charge in [0.15, 0.2) is 11.5 Å². The van der Waals surface area contributed by atoms with Crippen LogP contribution in [0.2, 0.25) is 0 Å². The van der Waals surface area contributed by atoms with E-state index in [1.54, 1.807) is 0 Å². The molecule has 2 heterocycles. The van der Waals surface area contributed by atoms with Crippen LogP contribution in [0.1, 0.15) is 58.3 Å². The summed E-state index contributed by atoms with van der Waals surface area (Å²) in [6, 6.07) is 6.59. The number of carboxylic acid groups (broad SMARTS) is 2. The molecule has 30 heavy (non-hydrogen) atoms. The summed E-state index contributed by atoms with van der Waals surface area (Å²) < 4.78 is 16.5. The fourth-order valence-electron chi connectivity index (χ4n) is 3.74. The highest BCUT2D eigenvalue weighted by Gasteiger charge is 2.18. The van der Waals surface area contributed by atoms with E-state index in [1.165, 1.54) is 58.0 Å². The zero-order valence-corrected chi connectivity index (χ0v) is 17.7. The van der Waals surface area contributed by atoms with Crippen LogP contribution in [0.3, 0.4) is 0 Å². The molecule has 1 aromatic carbocycles. The molecule has 1 atom stereocenters. The summed E-state index contributed by atoms with van der Waals surface area (Å²) in [5, 5.41) is 14.8. The molecule has 0 aromatic heterocycles. The molecular formula is C22H33NO7. The summed E-state index contributed by atoms with van der Waals surface area (Å²) in [5.74, 6) is -1.17. The maximum Gasteiger partial charge on any atom is 0.414 e. The largest absolute Gasteiger partial charge is 0.493 e. The summed E-state index contributed by atoms with van der Waals surface area (Å²) in [6.07, 6.45) is 10.5. The van der Waals surface area contributed by atoms with E-state index < -0.39 is 11.9 Å². The van der Waals surface area contributed by atoms with Gasteiger partial charge in [-0.25, -0.2) is 9.59 Å². The van der Waals surface area contributed by atoms with Crippen molar-refractivity contribution in [1.29, 1.82) is 0 Å². The zero-order chi connectivity index (χ0) is 21.8. The first-order valence-corrected chi connectivity index (χ1v) is 10.7. The van der Waals surface area contributed by atoms with Crippen molar-refractivity contribution >= 4 is 11.9 Å². The quantitative estimate of drug-likeness (QED) is 0.457. The maximum absolute atomic E-state index is 9.10. The summed E-state index contributed by atoms with van der Waals surface area (Å²) in [4.78, 5) is 20.9. The van der Waals surface area contributed by atoms with Crippen LogP contribution in [0.15, 0.2) is 18.2 Å². The van der Waals surface area contributed by atoms with E-state index in [-0.39, 0.29) is 0 Å². The van der Waals surface area contributed by atoms with Crippen LogP contribution < -0.4 is 14.2 Å². The van der Waals surface area contributed by atoms with E-state index in [1.807, 2.05) is 18.2 Å². The second kappa shape index (κ2) is 13.0. The van der Waals surface area contributed by atoms with Crippen LogP contribution in [0.5, 0.6) is 17.2 Å². The molecule has 3 rings (SSSR count). The van der Waals surface area contributed by atoms with E-state index in [4.69, 9.17) is 34.0 Å². The van der Waals surface area contributed by atoms with Gasteiger partial charge in [0.25, 0.3) is 0 Å². The monoisotopic (exact) mass is 423 g/mol. The third-order valence-electron chi connectivity index (χ3n) is 5.36. The lowest BCUT2D eigenvalue weighted by atomic mass is 10.0. The molecule has 0 aliphatic carbocycles. The molecule has 2 aliphatic rings. The molecule has 0 spiro atoms. The predicted molar refractivity (Wildman–Crippen MR) is 111 cm³/mol. The molecular weight excluding hydrogens is 390 g/mol. The molecule has 1 aromatic rings. The minimum atomic E-state index is -1.82. The Bertz CT molecular complexity index is 661. The number of likely N-dealkylation sites (tertiary alicyclic amines) is 1. The average molecular weight is 424 g/mol. The molecule has 8 heteroatoms. The van der Waals surface area contributed by atoms with E-state index >= 15 is 0 Å². The number of benzene rings is 1. The summed E-state index contributed by atoms with van der Waals surface area (Å²) in [5.41, 5.74) is 0. The van der Waals surface area contributed by atoms with Gasteiger partial charge < -0.3 is 29.3 Å². The van der Waals surface area contributed by atoms with Crippen LogP contribution in [-0.2, 0) is 9.59 Å². The Labute approximate surface area is 177 Å². The van der Waals surface area contributed by atoms with Crippen molar-refractivity contribution in [3.8, 4) is 17.2 Å². The molecule has 168 valence electrons. The summed E-state index contributed by atoms with van der Waals surface area (Å²) in [6.45, 7) is 6.05. The van der Waals surface area contributed by atoms with Crippen LogP contribution in [0, 0.1) is 0 Å². The van der Waals surface area contributed by atoms with Crippen molar-refractivity contribution in [1.82, 2.24) is 4.90 Å². The molecule has 1 fully saturated rings. The van der Waals surface area contributed by atoms with Crippen LogP contribution in [-0.4, -0.2) is 59.6 Å². The lowest BCUT2D eigenvalue weighted by Gasteiger charge is -2.34. The number of piperidine rings is 1. The van der Waals surface area contributed by atoms with Gasteiger partial charge >= 0.3 is 11.9 Å². The van der Waals surface area contributed by atoms with Gasteiger partial charge in [0.1, 0.15) is 5.75 Å². The number of rotatable bonds is 9. The zero-order valence-electron chi connectivity index (χ0n) is 17.7. The minimum absolute atomic E-state index is 0.314. The van der Waals surface area contributed by atoms with E-state index in [9.17, 15) is 0 Å². The first kappa shape index (κ1) is 23.8. The van der Waals surface area contributed by atoms with Crippen LogP contribution >= 0.6 is 0 Å². The number of fused-ring (bicyclic) bond motifs is 1. The normalized spacial score (nSPS) is 16.3. The highest BCUT2D eigenvalue weighted by Crippen LogP contribution is 2.35. The third kappa shape index (κ3) is 8.10. The molecule has 0 radical (unpaired) electrons. The van der Waals surface area contributed by atoms with Crippen molar-refractivity contribution < 1.29 is 34.0 Å². The van der Waals surface area contributed by atoms with Gasteiger partial charge in [0.05, 0.1) is 6.61 Å². The minimum Gasteiger partial charge on any atom is -0.493 e. The van der Waals surface area contributed by atoms with Crippen molar-refractivity contribution in [3.63, 3.8) is 0 Å². The SMILES string of the molecule is CCC(CCCCCOc1ccc2c(c1)OCO2)N1CCCCC1.O=C(O)C(=O)O. The molecule has 0 amide bonds. The van der Waals surface area contributed by atoms with E-state index in [0.717, 1.165) is 36.3 Å². The van der Waals surface area contributed by atoms with Crippen molar-refractivity contribution in [2.24, 2.45) is 0 Å². The van der Waals surface area contributed by atoms with Crippen molar-refractivity contribution in [2.45, 2.75) is 64.3 Å². The number of unbranched alkanes of at least 4 members (excludes halogenated alkanes) is 2. The van der Waals surface area contributed by atoms with E-state index in [0.29, 0.717) is 6.79 Å². The Balaban J connectivity index is 0.000000469. The lowest BCUT2D eigenvalue weighted by Crippen LogP contribution is -2.38. The molecule has 1 saturated heterocycles. The first-order valence-electron chi connectivity index (χ1n) is 10.7. The number of carbonyl (C=O) groups is 2. The smallest absolute Gasteiger partial charge is 0.414 e. The van der Waals surface area contributed by atoms with Gasteiger partial charge in [-0.3, -0.25) is 0 Å². The Hall–Kier alpha value is -2.48. The standard InChI is InChI=1S/C20H31NO3.C2H2O4/c1-2-17(21-12-6-4-7-13-21)9-5-3-8-14-22-18-10-11-19-20(15-18)24-16-23-19;3-1(4)2(5)6/h10-11,15,17H,2-9,12-14,16H2,1H3;(H,3,4)(H,5,6). The molecule has 2 N–H and O–H groups in total. The average Bonchev–Trinajstić information content (AvgIpc) is 3.22. The number of hydrogen-bond acceptors (Lipinski definition) is 6. The fourth-order valence-corrected chi connectivity index (χ4v) is 3.74. The lowest BCUT2D eigenvalue weighted by molar-refractivity contribution is -0.159. The van der Waals surface area contributed by atoms with Crippen molar-refractivity contribution in [3.05, 3.63) is 18.2 Å². The highest BCUT2D eigenvalue weighted by molar-refractivity contribution is 6.27. The second-order valence-corrected chi connectivity index (χ2v) is 7.48. The Kier molecular flexibility index (Phi) is 10.3. The van der Waals surface area contributed by atoms with Crippen molar-refractivity contribution in [2.75, 3.05) is 26.5 Å². The van der Waals surface area contributed by atoms with Gasteiger partial charge in [-0.15, -0.1) is 0 Å². The predicted octanol–water partition coefficient (Wildman–Crippen LogP) is 3.77. The van der Waals surface area contributed by atoms with Gasteiger partial charge in [0.2, 0.25) is 6.79 Å². The fraction of sp³-hybridized carbons (Fsp3) is 0.636. The highest BCUT2D eigenvalue weighted by atomic mass is 16.7. The molecule has 0 bridgehead atoms. The number of aliphatic carboxylic acids is 2. The second-order valence-electron chi connectivity index (χ2n) is 7.48. The van der Waals surface area contributed by atoms with Gasteiger partial charge in [0, 0.05) is 12.1 Å². The Morgan fingerprint density at radius 1 is 1.03 bits per heavy atom. The van der Waals surface area contributed by atoms with Gasteiger partial charge in [-0.1, -0.05) is 26.2 Å². The third-order valence-corrected chi connectivity index (χ3v) is 5.36. The number of ether oxygens (including phenoxy) is 3. The van der Waals surface area contributed by atoms with Gasteiger partial charge in [-0.2, -0.15) is 0 Å². The summed E-state index contributed by atoms with van der Waals surface area (Å²) in [7, 11) is 0. The number of nitrogens with zero attached hydrogens (tertiary/aromatic N) is 1. The van der Waals surface area contributed by atoms with Crippen LogP contribution in [0.4, 0.5) is 0 Å². The molecule has 0 saturated carbocycles. The number of carboxylic acids is 2. The van der Waals surface area contributed by atoms with Gasteiger partial charge in [-0.05, 0) is 57.3 Å². The summed E-state index contributed by atoms with van der Waals surface area (Å²) >= 11 is 0. The van der Waals surface area contributed by atoms with E-state index in [2.05, 4.69) is 11.8 Å². The maximum atomic E-state index is 9.10. The molecule has 2 aliphatic heterocycles. The molecule has 8 nitrogen and oxygen atoms in total. The number of hydrogen-bond donors (Lipinski definition) is 2. The Morgan fingerprint density at radius 3 is 2.40 bits per heavy atom. The Morgan fingerprint density at radius 2 is 1.73 bits per heavy atom. The molecule has 1 unspecified atom stereocenters. The van der Waals surface area contributed by atoms with Crippen LogP contribution in [0.25, 0.3) is 0 Å². The topological polar surface area (TPSA) is 106 Å². The first-order chi connectivity index (χ1) is 14.5.